The smallest absolute Gasteiger partial charge is 0.250 e. The van der Waals surface area contributed by atoms with Crippen LogP contribution in [0.15, 0.2) is 47.4 Å². The van der Waals surface area contributed by atoms with Crippen LogP contribution < -0.4 is 5.32 Å². The zero-order valence-corrected chi connectivity index (χ0v) is 21.2. The number of rotatable bonds is 6. The molecule has 0 bridgehead atoms. The topological polar surface area (TPSA) is 156 Å². The average molecular weight is 524 g/mol. The van der Waals surface area contributed by atoms with Crippen molar-refractivity contribution in [2.75, 3.05) is 11.9 Å². The number of benzene rings is 1. The van der Waals surface area contributed by atoms with Crippen LogP contribution in [0.1, 0.15) is 28.4 Å². The number of hydrogen-bond acceptors (Lipinski definition) is 10. The number of fused-ring (bicyclic) bond motifs is 2. The number of aromatic amines is 1. The van der Waals surface area contributed by atoms with E-state index in [1.54, 1.807) is 17.3 Å². The van der Waals surface area contributed by atoms with E-state index in [4.69, 9.17) is 4.42 Å². The van der Waals surface area contributed by atoms with Gasteiger partial charge in [-0.2, -0.15) is 5.10 Å². The average Bonchev–Trinajstić information content (AvgIpc) is 3.75. The first kappa shape index (κ1) is 23.2. The van der Waals surface area contributed by atoms with E-state index in [-0.39, 0.29) is 30.2 Å². The molecule has 0 radical (unpaired) electrons. The van der Waals surface area contributed by atoms with Crippen molar-refractivity contribution in [1.82, 2.24) is 50.3 Å². The van der Waals surface area contributed by atoms with Crippen molar-refractivity contribution < 1.29 is 9.21 Å². The molecule has 5 heterocycles. The minimum Gasteiger partial charge on any atom is -0.420 e. The Bertz CT molecular complexity index is 1650. The fourth-order valence-electron chi connectivity index (χ4n) is 5.17. The summed E-state index contributed by atoms with van der Waals surface area (Å²) < 4.78 is 7.55. The van der Waals surface area contributed by atoms with Gasteiger partial charge < -0.3 is 14.6 Å². The van der Waals surface area contributed by atoms with E-state index in [1.807, 2.05) is 24.1 Å². The lowest BCUT2D eigenvalue weighted by Crippen LogP contribution is -2.37. The summed E-state index contributed by atoms with van der Waals surface area (Å²) in [7, 11) is 1.92. The number of nitrogens with zero attached hydrogens (tertiary/aromatic N) is 9. The number of aryl methyl sites for hydroxylation is 1. The molecule has 7 rings (SSSR count). The molecular weight excluding hydrogens is 498 g/mol. The minimum atomic E-state index is -0.0974. The van der Waals surface area contributed by atoms with Crippen molar-refractivity contribution in [1.29, 1.82) is 0 Å². The fourth-order valence-corrected chi connectivity index (χ4v) is 5.17. The maximum Gasteiger partial charge on any atom is 0.250 e. The van der Waals surface area contributed by atoms with E-state index >= 15 is 0 Å². The van der Waals surface area contributed by atoms with Crippen LogP contribution in [0.2, 0.25) is 0 Å². The van der Waals surface area contributed by atoms with E-state index < -0.39 is 0 Å². The fraction of sp³-hybridized carbons (Fsp3) is 0.308. The maximum atomic E-state index is 12.7. The van der Waals surface area contributed by atoms with Crippen molar-refractivity contribution in [3.63, 3.8) is 0 Å². The van der Waals surface area contributed by atoms with Gasteiger partial charge >= 0.3 is 0 Å². The quantitative estimate of drug-likeness (QED) is 0.336. The van der Waals surface area contributed by atoms with E-state index in [0.29, 0.717) is 31.0 Å². The number of carbonyl (C=O) groups excluding carboxylic acids is 1. The van der Waals surface area contributed by atoms with Crippen molar-refractivity contribution >= 4 is 11.9 Å². The van der Waals surface area contributed by atoms with Gasteiger partial charge in [-0.3, -0.25) is 14.6 Å². The van der Waals surface area contributed by atoms with Gasteiger partial charge in [0.15, 0.2) is 0 Å². The number of aromatic nitrogens is 9. The molecule has 0 saturated carbocycles. The molecule has 1 atom stereocenters. The third-order valence-electron chi connectivity index (χ3n) is 7.21. The molecule has 1 aromatic carbocycles. The van der Waals surface area contributed by atoms with Crippen LogP contribution in [-0.4, -0.2) is 68.8 Å². The third kappa shape index (κ3) is 4.62. The molecule has 196 valence electrons. The van der Waals surface area contributed by atoms with Gasteiger partial charge in [-0.1, -0.05) is 23.4 Å². The zero-order valence-electron chi connectivity index (χ0n) is 21.2. The normalized spacial score (nSPS) is 16.2. The summed E-state index contributed by atoms with van der Waals surface area (Å²) in [5.74, 6) is 0.964. The first-order chi connectivity index (χ1) is 19.1. The van der Waals surface area contributed by atoms with Crippen molar-refractivity contribution in [3.05, 3.63) is 71.4 Å². The molecule has 0 fully saturated rings. The van der Waals surface area contributed by atoms with Crippen molar-refractivity contribution in [3.8, 4) is 22.6 Å². The monoisotopic (exact) mass is 523 g/mol. The molecular formula is C26H25N11O2. The second-order valence-corrected chi connectivity index (χ2v) is 9.91. The standard InChI is InChI=1S/C26H25N11O2/c1-36-13-19(12-29-36)15-2-3-16-7-20(8-17(16)6-15)30-26-27-10-18(11-28-26)25-34-33-23(39-25)9-24(38)37-5-4-21-22(14-37)32-35-31-21/h2-3,6,10-13,20H,4-5,7-9,14H2,1H3,(H,27,28,30)(H,31,32,35). The van der Waals surface area contributed by atoms with Gasteiger partial charge in [0.1, 0.15) is 12.1 Å². The molecule has 0 spiro atoms. The highest BCUT2D eigenvalue weighted by Crippen LogP contribution is 2.29. The third-order valence-corrected chi connectivity index (χ3v) is 7.21. The molecule has 1 amide bonds. The van der Waals surface area contributed by atoms with E-state index in [2.05, 4.69) is 64.2 Å². The summed E-state index contributed by atoms with van der Waals surface area (Å²) >= 11 is 0. The molecule has 1 aliphatic carbocycles. The Labute approximate surface area is 222 Å². The number of nitrogens with one attached hydrogen (secondary N) is 2. The van der Waals surface area contributed by atoms with Crippen LogP contribution in [-0.2, 0) is 44.1 Å². The van der Waals surface area contributed by atoms with Crippen LogP contribution in [0.25, 0.3) is 22.6 Å². The largest absolute Gasteiger partial charge is 0.420 e. The Morgan fingerprint density at radius 3 is 2.79 bits per heavy atom. The van der Waals surface area contributed by atoms with Crippen LogP contribution >= 0.6 is 0 Å². The van der Waals surface area contributed by atoms with Crippen LogP contribution in [0.5, 0.6) is 0 Å². The van der Waals surface area contributed by atoms with Gasteiger partial charge in [0.05, 0.1) is 24.0 Å². The lowest BCUT2D eigenvalue weighted by Gasteiger charge is -2.25. The molecule has 5 aromatic rings. The summed E-state index contributed by atoms with van der Waals surface area (Å²) in [5.41, 5.74) is 7.30. The molecule has 13 nitrogen and oxygen atoms in total. The van der Waals surface area contributed by atoms with Gasteiger partial charge in [0.25, 0.3) is 5.89 Å². The molecule has 0 saturated heterocycles. The molecule has 1 unspecified atom stereocenters. The zero-order chi connectivity index (χ0) is 26.3. The number of anilines is 1. The van der Waals surface area contributed by atoms with E-state index in [0.717, 1.165) is 29.8 Å². The molecule has 1 aliphatic heterocycles. The maximum absolute atomic E-state index is 12.7. The van der Waals surface area contributed by atoms with Crippen LogP contribution in [0.4, 0.5) is 5.95 Å². The second kappa shape index (κ2) is 9.42. The first-order valence-electron chi connectivity index (χ1n) is 12.8. The summed E-state index contributed by atoms with van der Waals surface area (Å²) in [6.07, 6.45) is 9.71. The van der Waals surface area contributed by atoms with E-state index in [1.165, 1.54) is 16.7 Å². The van der Waals surface area contributed by atoms with Crippen molar-refractivity contribution in [2.45, 2.75) is 38.3 Å². The highest BCUT2D eigenvalue weighted by Gasteiger charge is 2.25. The Hall–Kier alpha value is -4.94. The summed E-state index contributed by atoms with van der Waals surface area (Å²) in [6.45, 7) is 1.02. The lowest BCUT2D eigenvalue weighted by atomic mass is 10.0. The molecule has 4 aromatic heterocycles. The minimum absolute atomic E-state index is 0.0193. The number of hydrogen-bond donors (Lipinski definition) is 2. The molecule has 13 heteroatoms. The van der Waals surface area contributed by atoms with E-state index in [9.17, 15) is 4.79 Å². The Kier molecular flexibility index (Phi) is 5.60. The van der Waals surface area contributed by atoms with Gasteiger partial charge in [-0.25, -0.2) is 9.97 Å². The Morgan fingerprint density at radius 1 is 1.08 bits per heavy atom. The predicted octanol–water partition coefficient (Wildman–Crippen LogP) is 1.75. The van der Waals surface area contributed by atoms with Gasteiger partial charge in [-0.05, 0) is 29.5 Å². The molecule has 2 N–H and O–H groups in total. The highest BCUT2D eigenvalue weighted by molar-refractivity contribution is 5.78. The van der Waals surface area contributed by atoms with Crippen molar-refractivity contribution in [2.24, 2.45) is 7.05 Å². The van der Waals surface area contributed by atoms with Gasteiger partial charge in [-0.15, -0.1) is 15.3 Å². The second-order valence-electron chi connectivity index (χ2n) is 9.91. The van der Waals surface area contributed by atoms with Gasteiger partial charge in [0.2, 0.25) is 17.7 Å². The summed E-state index contributed by atoms with van der Waals surface area (Å²) in [6, 6.07) is 6.79. The van der Waals surface area contributed by atoms with Crippen LogP contribution in [0.3, 0.4) is 0 Å². The molecule has 2 aliphatic rings. The summed E-state index contributed by atoms with van der Waals surface area (Å²) in [5, 5.41) is 26.5. The number of H-pyrrole nitrogens is 1. The van der Waals surface area contributed by atoms with Crippen LogP contribution in [0, 0.1) is 0 Å². The predicted molar refractivity (Wildman–Crippen MR) is 138 cm³/mol. The number of carbonyl (C=O) groups is 1. The van der Waals surface area contributed by atoms with Gasteiger partial charge in [0, 0.05) is 50.2 Å². The lowest BCUT2D eigenvalue weighted by molar-refractivity contribution is -0.131. The highest BCUT2D eigenvalue weighted by atomic mass is 16.4. The SMILES string of the molecule is Cn1cc(-c2ccc3c(c2)CC(Nc2ncc(-c4nnc(CC(=O)N5CCc6[nH]nnc6C5)o4)cn2)C3)cn1. The molecule has 39 heavy (non-hydrogen) atoms. The first-order valence-corrected chi connectivity index (χ1v) is 12.8. The number of amides is 1. The Balaban J connectivity index is 0.963. The Morgan fingerprint density at radius 2 is 1.95 bits per heavy atom. The summed E-state index contributed by atoms with van der Waals surface area (Å²) in [4.78, 5) is 23.4.